The van der Waals surface area contributed by atoms with E-state index in [4.69, 9.17) is 0 Å². The molecule has 2 fully saturated rings. The fourth-order valence-corrected chi connectivity index (χ4v) is 5.20. The number of ketones is 1. The minimum absolute atomic E-state index is 0.000407. The average Bonchev–Trinajstić information content (AvgIpc) is 2.80. The largest absolute Gasteiger partial charge is 0.349 e. The number of hydrogen-bond acceptors (Lipinski definition) is 4. The third-order valence-electron chi connectivity index (χ3n) is 7.08. The zero-order valence-corrected chi connectivity index (χ0v) is 20.2. The van der Waals surface area contributed by atoms with Crippen molar-refractivity contribution in [1.29, 1.82) is 0 Å². The second-order valence-electron chi connectivity index (χ2n) is 9.90. The number of carbonyl (C=O) groups excluding carboxylic acids is 3. The molecule has 1 saturated carbocycles. The van der Waals surface area contributed by atoms with E-state index in [1.807, 2.05) is 25.1 Å². The normalized spacial score (nSPS) is 20.9. The predicted octanol–water partition coefficient (Wildman–Crippen LogP) is 3.38. The number of Topliss-reactive ketones (excluding diaryl/α,β-unsaturated/α-hetero) is 1. The molecule has 0 spiro atoms. The maximum atomic E-state index is 12.3. The summed E-state index contributed by atoms with van der Waals surface area (Å²) in [4.78, 5) is 38.2. The van der Waals surface area contributed by atoms with E-state index in [0.29, 0.717) is 23.9 Å². The minimum atomic E-state index is -0.223. The van der Waals surface area contributed by atoms with E-state index in [0.717, 1.165) is 24.2 Å². The van der Waals surface area contributed by atoms with Gasteiger partial charge in [0.25, 0.3) is 5.91 Å². The quantitative estimate of drug-likeness (QED) is 0.632. The zero-order valence-electron chi connectivity index (χ0n) is 20.2. The van der Waals surface area contributed by atoms with E-state index in [-0.39, 0.29) is 30.2 Å². The number of rotatable bonds is 8. The van der Waals surface area contributed by atoms with Gasteiger partial charge in [-0.25, -0.2) is 0 Å². The zero-order chi connectivity index (χ0) is 24.1. The molecular formula is C28H35N3O3. The highest BCUT2D eigenvalue weighted by Gasteiger charge is 2.35. The van der Waals surface area contributed by atoms with Crippen LogP contribution >= 0.6 is 0 Å². The SMILES string of the molecule is CC(=O)Cc1ccc(C2CCC(N3CC(NC(=O)CNC(=O)c4cccc(C)c4)C3)CC2)cc1. The summed E-state index contributed by atoms with van der Waals surface area (Å²) in [5.41, 5.74) is 4.06. The first-order valence-corrected chi connectivity index (χ1v) is 12.3. The van der Waals surface area contributed by atoms with Gasteiger partial charge in [0.2, 0.25) is 5.91 Å². The van der Waals surface area contributed by atoms with E-state index in [9.17, 15) is 14.4 Å². The van der Waals surface area contributed by atoms with Crippen molar-refractivity contribution in [2.45, 2.75) is 64.0 Å². The van der Waals surface area contributed by atoms with E-state index in [1.165, 1.54) is 31.2 Å². The fraction of sp³-hybridized carbons (Fsp3) is 0.464. The van der Waals surface area contributed by atoms with Crippen LogP contribution < -0.4 is 10.6 Å². The second kappa shape index (κ2) is 11.0. The highest BCUT2D eigenvalue weighted by Crippen LogP contribution is 2.36. The van der Waals surface area contributed by atoms with E-state index in [2.05, 4.69) is 39.8 Å². The van der Waals surface area contributed by atoms with Crippen LogP contribution in [0.1, 0.15) is 65.6 Å². The van der Waals surface area contributed by atoms with Crippen LogP contribution in [0.25, 0.3) is 0 Å². The van der Waals surface area contributed by atoms with Gasteiger partial charge in [-0.2, -0.15) is 0 Å². The van der Waals surface area contributed by atoms with Crippen molar-refractivity contribution in [3.63, 3.8) is 0 Å². The Morgan fingerprint density at radius 1 is 0.971 bits per heavy atom. The maximum absolute atomic E-state index is 12.3. The topological polar surface area (TPSA) is 78.5 Å². The number of benzene rings is 2. The summed E-state index contributed by atoms with van der Waals surface area (Å²) in [6, 6.07) is 16.7. The first kappa shape index (κ1) is 24.1. The summed E-state index contributed by atoms with van der Waals surface area (Å²) >= 11 is 0. The van der Waals surface area contributed by atoms with Gasteiger partial charge in [-0.05, 0) is 68.7 Å². The summed E-state index contributed by atoms with van der Waals surface area (Å²) in [6.45, 7) is 5.33. The van der Waals surface area contributed by atoms with Crippen molar-refractivity contribution in [3.8, 4) is 0 Å². The molecule has 0 atom stereocenters. The molecule has 180 valence electrons. The smallest absolute Gasteiger partial charge is 0.251 e. The summed E-state index contributed by atoms with van der Waals surface area (Å²) in [7, 11) is 0. The number of likely N-dealkylation sites (tertiary alicyclic amines) is 1. The Morgan fingerprint density at radius 2 is 1.68 bits per heavy atom. The van der Waals surface area contributed by atoms with Crippen LogP contribution in [-0.2, 0) is 16.0 Å². The van der Waals surface area contributed by atoms with Crippen LogP contribution in [0.2, 0.25) is 0 Å². The molecule has 2 N–H and O–H groups in total. The molecule has 1 saturated heterocycles. The average molecular weight is 462 g/mol. The maximum Gasteiger partial charge on any atom is 0.251 e. The van der Waals surface area contributed by atoms with Crippen molar-refractivity contribution in [3.05, 3.63) is 70.8 Å². The molecular weight excluding hydrogens is 426 g/mol. The molecule has 2 aliphatic rings. The van der Waals surface area contributed by atoms with Gasteiger partial charge in [0, 0.05) is 31.1 Å². The summed E-state index contributed by atoms with van der Waals surface area (Å²) in [5, 5.41) is 5.74. The van der Waals surface area contributed by atoms with E-state index < -0.39 is 0 Å². The number of nitrogens with one attached hydrogen (secondary N) is 2. The van der Waals surface area contributed by atoms with Crippen molar-refractivity contribution < 1.29 is 14.4 Å². The standard InChI is InChI=1S/C28H35N3O3/c1-19-4-3-5-24(14-19)28(34)29-16-27(33)30-25-17-31(18-25)26-12-10-23(11-13-26)22-8-6-21(7-9-22)15-20(2)32/h3-9,14,23,25-26H,10-13,15-18H2,1-2H3,(H,29,34)(H,30,33). The van der Waals surface area contributed by atoms with Crippen molar-refractivity contribution in [2.24, 2.45) is 0 Å². The van der Waals surface area contributed by atoms with Crippen molar-refractivity contribution in [1.82, 2.24) is 15.5 Å². The van der Waals surface area contributed by atoms with Gasteiger partial charge in [-0.1, -0.05) is 42.0 Å². The first-order chi connectivity index (χ1) is 16.4. The molecule has 0 bridgehead atoms. The Labute approximate surface area is 202 Å². The Bertz CT molecular complexity index is 1020. The number of nitrogens with zero attached hydrogens (tertiary/aromatic N) is 1. The van der Waals surface area contributed by atoms with Gasteiger partial charge >= 0.3 is 0 Å². The third-order valence-corrected chi connectivity index (χ3v) is 7.08. The van der Waals surface area contributed by atoms with Gasteiger partial charge < -0.3 is 10.6 Å². The third kappa shape index (κ3) is 6.32. The molecule has 34 heavy (non-hydrogen) atoms. The molecule has 4 rings (SSSR count). The lowest BCUT2D eigenvalue weighted by Gasteiger charge is -2.46. The fourth-order valence-electron chi connectivity index (χ4n) is 5.20. The lowest BCUT2D eigenvalue weighted by Crippen LogP contribution is -2.63. The lowest BCUT2D eigenvalue weighted by atomic mass is 9.80. The Morgan fingerprint density at radius 3 is 2.32 bits per heavy atom. The molecule has 0 aromatic heterocycles. The number of amides is 2. The van der Waals surface area contributed by atoms with Crippen molar-refractivity contribution in [2.75, 3.05) is 19.6 Å². The van der Waals surface area contributed by atoms with Crippen LogP contribution in [0, 0.1) is 6.92 Å². The monoisotopic (exact) mass is 461 g/mol. The van der Waals surface area contributed by atoms with Crippen molar-refractivity contribution >= 4 is 17.6 Å². The van der Waals surface area contributed by atoms with E-state index >= 15 is 0 Å². The summed E-state index contributed by atoms with van der Waals surface area (Å²) in [5.74, 6) is 0.433. The van der Waals surface area contributed by atoms with Gasteiger partial charge in [0.05, 0.1) is 12.6 Å². The van der Waals surface area contributed by atoms with Crippen LogP contribution in [0.15, 0.2) is 48.5 Å². The Hall–Kier alpha value is -2.99. The van der Waals surface area contributed by atoms with Gasteiger partial charge in [0.15, 0.2) is 0 Å². The van der Waals surface area contributed by atoms with E-state index in [1.54, 1.807) is 13.0 Å². The number of hydrogen-bond donors (Lipinski definition) is 2. The molecule has 1 heterocycles. The molecule has 2 amide bonds. The summed E-state index contributed by atoms with van der Waals surface area (Å²) < 4.78 is 0. The summed E-state index contributed by atoms with van der Waals surface area (Å²) in [6.07, 6.45) is 5.21. The van der Waals surface area contributed by atoms with Crippen LogP contribution in [0.4, 0.5) is 0 Å². The molecule has 0 unspecified atom stereocenters. The molecule has 1 aliphatic carbocycles. The lowest BCUT2D eigenvalue weighted by molar-refractivity contribution is -0.122. The van der Waals surface area contributed by atoms with Crippen LogP contribution in [-0.4, -0.2) is 54.2 Å². The number of carbonyl (C=O) groups is 3. The highest BCUT2D eigenvalue weighted by molar-refractivity contribution is 5.96. The Balaban J connectivity index is 1.14. The van der Waals surface area contributed by atoms with Gasteiger partial charge in [-0.15, -0.1) is 0 Å². The van der Waals surface area contributed by atoms with Gasteiger partial charge in [0.1, 0.15) is 5.78 Å². The first-order valence-electron chi connectivity index (χ1n) is 12.3. The van der Waals surface area contributed by atoms with Gasteiger partial charge in [-0.3, -0.25) is 19.3 Å². The highest BCUT2D eigenvalue weighted by atomic mass is 16.2. The Kier molecular flexibility index (Phi) is 7.78. The minimum Gasteiger partial charge on any atom is -0.349 e. The molecule has 1 aliphatic heterocycles. The number of aryl methyl sites for hydroxylation is 1. The predicted molar refractivity (Wildman–Crippen MR) is 133 cm³/mol. The van der Waals surface area contributed by atoms with Crippen LogP contribution in [0.5, 0.6) is 0 Å². The molecule has 6 heteroatoms. The second-order valence-corrected chi connectivity index (χ2v) is 9.90. The molecule has 2 aromatic carbocycles. The molecule has 2 aromatic rings. The molecule has 0 radical (unpaired) electrons. The van der Waals surface area contributed by atoms with Crippen LogP contribution in [0.3, 0.4) is 0 Å². The molecule has 6 nitrogen and oxygen atoms in total.